The summed E-state index contributed by atoms with van der Waals surface area (Å²) >= 11 is 0. The number of pyridine rings is 1. The van der Waals surface area contributed by atoms with Gasteiger partial charge in [0.2, 0.25) is 0 Å². The number of nitrogens with one attached hydrogen (secondary N) is 2. The summed E-state index contributed by atoms with van der Waals surface area (Å²) in [5.74, 6) is 0.543. The lowest BCUT2D eigenvalue weighted by molar-refractivity contribution is -0.119. The second-order valence-electron chi connectivity index (χ2n) is 6.75. The molecule has 0 unspecified atom stereocenters. The zero-order valence-corrected chi connectivity index (χ0v) is 17.4. The van der Waals surface area contributed by atoms with Gasteiger partial charge < -0.3 is 24.5 Å². The third-order valence-electron chi connectivity index (χ3n) is 4.67. The number of amides is 1. The van der Waals surface area contributed by atoms with Gasteiger partial charge in [0.15, 0.2) is 6.61 Å². The molecule has 2 aromatic carbocycles. The molecule has 0 aliphatic heterocycles. The van der Waals surface area contributed by atoms with E-state index in [2.05, 4.69) is 20.3 Å². The topological polar surface area (TPSA) is 115 Å². The number of rotatable bonds is 7. The van der Waals surface area contributed by atoms with Gasteiger partial charge >= 0.3 is 5.97 Å². The molecule has 9 nitrogen and oxygen atoms in total. The number of fused-ring (bicyclic) bond motifs is 1. The van der Waals surface area contributed by atoms with E-state index in [0.717, 1.165) is 5.56 Å². The van der Waals surface area contributed by atoms with Crippen LogP contribution in [0.5, 0.6) is 11.5 Å². The first kappa shape index (κ1) is 20.9. The molecule has 0 saturated carbocycles. The van der Waals surface area contributed by atoms with E-state index in [-0.39, 0.29) is 0 Å². The second kappa shape index (κ2) is 9.17. The average Bonchev–Trinajstić information content (AvgIpc) is 3.27. The van der Waals surface area contributed by atoms with E-state index < -0.39 is 18.5 Å². The lowest BCUT2D eigenvalue weighted by atomic mass is 10.2. The van der Waals surface area contributed by atoms with Crippen LogP contribution in [-0.2, 0) is 9.53 Å². The number of nitrogens with zero attached hydrogens (tertiary/aromatic N) is 2. The van der Waals surface area contributed by atoms with Crippen molar-refractivity contribution in [2.45, 2.75) is 0 Å². The normalized spacial score (nSPS) is 10.6. The molecule has 9 heteroatoms. The second-order valence-corrected chi connectivity index (χ2v) is 6.75. The van der Waals surface area contributed by atoms with E-state index in [9.17, 15) is 9.59 Å². The summed E-state index contributed by atoms with van der Waals surface area (Å²) in [6, 6.07) is 13.6. The van der Waals surface area contributed by atoms with E-state index in [0.29, 0.717) is 39.6 Å². The predicted molar refractivity (Wildman–Crippen MR) is 118 cm³/mol. The molecule has 0 aliphatic carbocycles. The molecule has 0 bridgehead atoms. The van der Waals surface area contributed by atoms with Crippen molar-refractivity contribution < 1.29 is 23.8 Å². The molecule has 32 heavy (non-hydrogen) atoms. The van der Waals surface area contributed by atoms with Crippen LogP contribution in [0.3, 0.4) is 0 Å². The maximum atomic E-state index is 12.4. The molecule has 0 saturated heterocycles. The van der Waals surface area contributed by atoms with Crippen molar-refractivity contribution in [2.75, 3.05) is 26.1 Å². The van der Waals surface area contributed by atoms with Gasteiger partial charge in [0.25, 0.3) is 5.91 Å². The van der Waals surface area contributed by atoms with Crippen LogP contribution < -0.4 is 14.8 Å². The smallest absolute Gasteiger partial charge is 0.338 e. The largest absolute Gasteiger partial charge is 0.497 e. The van der Waals surface area contributed by atoms with Gasteiger partial charge in [-0.15, -0.1) is 0 Å². The Morgan fingerprint density at radius 1 is 1.06 bits per heavy atom. The highest BCUT2D eigenvalue weighted by molar-refractivity contribution is 5.98. The number of methoxy groups -OCH3 is 2. The van der Waals surface area contributed by atoms with Gasteiger partial charge in [-0.2, -0.15) is 0 Å². The van der Waals surface area contributed by atoms with E-state index in [1.807, 2.05) is 12.1 Å². The highest BCUT2D eigenvalue weighted by atomic mass is 16.5. The van der Waals surface area contributed by atoms with E-state index in [4.69, 9.17) is 14.2 Å². The average molecular weight is 432 g/mol. The maximum absolute atomic E-state index is 12.4. The minimum absolute atomic E-state index is 0.300. The lowest BCUT2D eigenvalue weighted by Gasteiger charge is -2.11. The fourth-order valence-corrected chi connectivity index (χ4v) is 3.08. The summed E-state index contributed by atoms with van der Waals surface area (Å²) in [6.07, 6.45) is 3.38. The molecule has 4 aromatic rings. The van der Waals surface area contributed by atoms with Crippen LogP contribution in [0, 0.1) is 0 Å². The molecule has 2 heterocycles. The van der Waals surface area contributed by atoms with Crippen molar-refractivity contribution in [3.05, 3.63) is 66.5 Å². The van der Waals surface area contributed by atoms with Crippen molar-refractivity contribution in [1.82, 2.24) is 15.0 Å². The van der Waals surface area contributed by atoms with Gasteiger partial charge in [0.1, 0.15) is 17.3 Å². The van der Waals surface area contributed by atoms with Crippen molar-refractivity contribution in [3.8, 4) is 22.9 Å². The summed E-state index contributed by atoms with van der Waals surface area (Å²) in [5.41, 5.74) is 2.94. The Balaban J connectivity index is 1.41. The van der Waals surface area contributed by atoms with Crippen LogP contribution in [0.15, 0.2) is 60.9 Å². The van der Waals surface area contributed by atoms with Crippen molar-refractivity contribution in [3.63, 3.8) is 0 Å². The molecule has 0 radical (unpaired) electrons. The molecule has 1 amide bonds. The Morgan fingerprint density at radius 2 is 1.94 bits per heavy atom. The monoisotopic (exact) mass is 432 g/mol. The Kier molecular flexibility index (Phi) is 5.98. The fraction of sp³-hybridized carbons (Fsp3) is 0.130. The van der Waals surface area contributed by atoms with Crippen LogP contribution in [0.2, 0.25) is 0 Å². The van der Waals surface area contributed by atoms with E-state index >= 15 is 0 Å². The van der Waals surface area contributed by atoms with Crippen LogP contribution in [0.4, 0.5) is 5.69 Å². The Labute approximate surface area is 183 Å². The zero-order valence-electron chi connectivity index (χ0n) is 17.4. The van der Waals surface area contributed by atoms with Gasteiger partial charge in [-0.25, -0.2) is 9.78 Å². The number of esters is 1. The third kappa shape index (κ3) is 4.51. The van der Waals surface area contributed by atoms with Crippen molar-refractivity contribution >= 4 is 28.6 Å². The van der Waals surface area contributed by atoms with Crippen LogP contribution in [0.1, 0.15) is 10.4 Å². The first-order valence-electron chi connectivity index (χ1n) is 9.66. The maximum Gasteiger partial charge on any atom is 0.338 e. The number of ether oxygens (including phenoxy) is 3. The summed E-state index contributed by atoms with van der Waals surface area (Å²) in [7, 11) is 3.02. The lowest BCUT2D eigenvalue weighted by Crippen LogP contribution is -2.21. The minimum Gasteiger partial charge on any atom is -0.497 e. The van der Waals surface area contributed by atoms with Crippen LogP contribution >= 0.6 is 0 Å². The molecule has 2 aromatic heterocycles. The van der Waals surface area contributed by atoms with Gasteiger partial charge in [-0.3, -0.25) is 9.78 Å². The Bertz CT molecular complexity index is 1270. The minimum atomic E-state index is -0.624. The zero-order chi connectivity index (χ0) is 22.5. The fourth-order valence-electron chi connectivity index (χ4n) is 3.08. The third-order valence-corrected chi connectivity index (χ3v) is 4.67. The molecule has 0 fully saturated rings. The molecular formula is C23H20N4O5. The molecule has 0 atom stereocenters. The Hall–Kier alpha value is -4.40. The highest BCUT2D eigenvalue weighted by Crippen LogP contribution is 2.29. The first-order chi connectivity index (χ1) is 15.6. The number of imidazole rings is 1. The van der Waals surface area contributed by atoms with Crippen LogP contribution in [-0.4, -0.2) is 47.7 Å². The summed E-state index contributed by atoms with van der Waals surface area (Å²) in [4.78, 5) is 36.4. The quantitative estimate of drug-likeness (QED) is 0.430. The van der Waals surface area contributed by atoms with E-state index in [1.54, 1.807) is 48.8 Å². The number of benzene rings is 2. The Morgan fingerprint density at radius 3 is 2.69 bits per heavy atom. The number of hydrogen-bond acceptors (Lipinski definition) is 7. The molecule has 0 aliphatic rings. The van der Waals surface area contributed by atoms with Gasteiger partial charge in [0, 0.05) is 24.0 Å². The summed E-state index contributed by atoms with van der Waals surface area (Å²) < 4.78 is 15.5. The summed E-state index contributed by atoms with van der Waals surface area (Å²) in [5, 5.41) is 2.65. The first-order valence-corrected chi connectivity index (χ1v) is 9.66. The standard InChI is InChI=1S/C23H20N4O5/c1-30-16-6-8-18(20(11-16)31-2)25-21(28)13-32-23(29)14-5-7-17-19(10-14)27-22(26-17)15-4-3-9-24-12-15/h3-12H,13H2,1-2H3,(H,25,28)(H,26,27). The number of aromatic nitrogens is 3. The number of anilines is 1. The number of carbonyl (C=O) groups excluding carboxylic acids is 2. The molecule has 4 rings (SSSR count). The van der Waals surface area contributed by atoms with Crippen molar-refractivity contribution in [2.24, 2.45) is 0 Å². The molecule has 0 spiro atoms. The molecule has 162 valence electrons. The van der Waals surface area contributed by atoms with Crippen LogP contribution in [0.25, 0.3) is 22.4 Å². The number of H-pyrrole nitrogens is 1. The van der Waals surface area contributed by atoms with Gasteiger partial charge in [0.05, 0.1) is 36.5 Å². The number of aromatic amines is 1. The number of hydrogen-bond donors (Lipinski definition) is 2. The highest BCUT2D eigenvalue weighted by Gasteiger charge is 2.14. The predicted octanol–water partition coefficient (Wildman–Crippen LogP) is 3.44. The van der Waals surface area contributed by atoms with Gasteiger partial charge in [-0.1, -0.05) is 0 Å². The number of carbonyl (C=O) groups is 2. The van der Waals surface area contributed by atoms with Crippen molar-refractivity contribution in [1.29, 1.82) is 0 Å². The summed E-state index contributed by atoms with van der Waals surface area (Å²) in [6.45, 7) is -0.448. The van der Waals surface area contributed by atoms with E-state index in [1.165, 1.54) is 14.2 Å². The van der Waals surface area contributed by atoms with Gasteiger partial charge in [-0.05, 0) is 42.5 Å². The molecule has 2 N–H and O–H groups in total. The SMILES string of the molecule is COc1ccc(NC(=O)COC(=O)c2ccc3nc(-c4cccnc4)[nH]c3c2)c(OC)c1. The molecular weight excluding hydrogens is 412 g/mol.